The Hall–Kier alpha value is -1.18. The molecular weight excluding hydrogens is 293 g/mol. The van der Waals surface area contributed by atoms with Crippen LogP contribution in [-0.2, 0) is 9.59 Å². The van der Waals surface area contributed by atoms with Gasteiger partial charge in [-0.25, -0.2) is 0 Å². The fourth-order valence-electron chi connectivity index (χ4n) is 1.79. The first-order valence-corrected chi connectivity index (χ1v) is 7.31. The third-order valence-corrected chi connectivity index (χ3v) is 3.77. The van der Waals surface area contributed by atoms with Crippen molar-refractivity contribution in [2.45, 2.75) is 32.5 Å². The second kappa shape index (κ2) is 7.01. The number of amides is 2. The second-order valence-corrected chi connectivity index (χ2v) is 5.42. The largest absolute Gasteiger partial charge is 0.405 e. The average molecular weight is 310 g/mol. The van der Waals surface area contributed by atoms with E-state index in [9.17, 15) is 22.8 Å². The number of hydrogen-bond donors (Lipinski definition) is 1. The summed E-state index contributed by atoms with van der Waals surface area (Å²) < 4.78 is 36.2. The predicted octanol–water partition coefficient (Wildman–Crippen LogP) is 1.92. The van der Waals surface area contributed by atoms with Crippen LogP contribution < -0.4 is 5.32 Å². The molecule has 1 fully saturated rings. The molecule has 0 aromatic rings. The Morgan fingerprint density at radius 2 is 2.10 bits per heavy atom. The van der Waals surface area contributed by atoms with Crippen molar-refractivity contribution in [1.29, 1.82) is 0 Å². The second-order valence-electron chi connectivity index (χ2n) is 4.42. The highest BCUT2D eigenvalue weighted by atomic mass is 32.2. The van der Waals surface area contributed by atoms with Crippen LogP contribution >= 0.6 is 11.8 Å². The molecule has 0 aromatic carbocycles. The summed E-state index contributed by atoms with van der Waals surface area (Å²) >= 11 is 1.35. The molecule has 8 heteroatoms. The van der Waals surface area contributed by atoms with E-state index in [0.717, 1.165) is 0 Å². The first-order valence-electron chi connectivity index (χ1n) is 6.16. The minimum atomic E-state index is -4.45. The quantitative estimate of drug-likeness (QED) is 0.807. The number of carbonyl (C=O) groups is 2. The van der Waals surface area contributed by atoms with Crippen LogP contribution in [-0.4, -0.2) is 47.1 Å². The van der Waals surface area contributed by atoms with Crippen molar-refractivity contribution < 1.29 is 22.8 Å². The van der Waals surface area contributed by atoms with Crippen LogP contribution in [0.2, 0.25) is 0 Å². The van der Waals surface area contributed by atoms with E-state index < -0.39 is 24.7 Å². The summed E-state index contributed by atoms with van der Waals surface area (Å²) in [5, 5.41) is 1.83. The Kier molecular flexibility index (Phi) is 5.91. The van der Waals surface area contributed by atoms with Crippen LogP contribution in [0.25, 0.3) is 0 Å². The van der Waals surface area contributed by atoms with Gasteiger partial charge in [0.25, 0.3) is 5.91 Å². The van der Waals surface area contributed by atoms with Crippen molar-refractivity contribution in [3.8, 4) is 0 Å². The average Bonchev–Trinajstić information content (AvgIpc) is 2.83. The van der Waals surface area contributed by atoms with Crippen LogP contribution in [0.1, 0.15) is 20.3 Å². The molecule has 1 saturated heterocycles. The molecule has 2 amide bonds. The summed E-state index contributed by atoms with van der Waals surface area (Å²) in [7, 11) is 0. The molecule has 0 saturated carbocycles. The Bertz CT molecular complexity index is 410. The van der Waals surface area contributed by atoms with Crippen molar-refractivity contribution in [2.75, 3.05) is 18.2 Å². The number of halogens is 3. The number of allylic oxidation sites excluding steroid dienone is 1. The van der Waals surface area contributed by atoms with E-state index in [0.29, 0.717) is 23.6 Å². The van der Waals surface area contributed by atoms with Crippen LogP contribution in [0.3, 0.4) is 0 Å². The van der Waals surface area contributed by atoms with Crippen molar-refractivity contribution in [3.63, 3.8) is 0 Å². The summed E-state index contributed by atoms with van der Waals surface area (Å²) in [6.07, 6.45) is -2.03. The lowest BCUT2D eigenvalue weighted by molar-refractivity contribution is -0.143. The minimum Gasteiger partial charge on any atom is -0.345 e. The van der Waals surface area contributed by atoms with Crippen molar-refractivity contribution in [3.05, 3.63) is 11.6 Å². The van der Waals surface area contributed by atoms with Crippen molar-refractivity contribution >= 4 is 23.6 Å². The molecule has 0 radical (unpaired) electrons. The van der Waals surface area contributed by atoms with E-state index in [2.05, 4.69) is 0 Å². The molecular formula is C12H17F3N2O2S. The van der Waals surface area contributed by atoms with Crippen LogP contribution in [0.4, 0.5) is 13.2 Å². The van der Waals surface area contributed by atoms with Crippen LogP contribution in [0.15, 0.2) is 11.6 Å². The third kappa shape index (κ3) is 4.73. The standard InChI is InChI=1S/C12H17F3N2O2S/c1-3-4-8(2)11(19)17-7-20-5-9(17)10(18)16-6-12(13,14)15/h4,9H,3,5-7H2,1-2H3,(H,16,18)/b8-4-/t9-/m1/s1. The monoisotopic (exact) mass is 310 g/mol. The first kappa shape index (κ1) is 16.9. The first-order chi connectivity index (χ1) is 9.26. The minimum absolute atomic E-state index is 0.302. The lowest BCUT2D eigenvalue weighted by Crippen LogP contribution is -2.49. The molecule has 0 bridgehead atoms. The van der Waals surface area contributed by atoms with E-state index in [1.165, 1.54) is 16.7 Å². The normalized spacial score (nSPS) is 20.1. The number of nitrogens with zero attached hydrogens (tertiary/aromatic N) is 1. The fraction of sp³-hybridized carbons (Fsp3) is 0.667. The van der Waals surface area contributed by atoms with E-state index in [1.54, 1.807) is 13.0 Å². The van der Waals surface area contributed by atoms with Gasteiger partial charge in [-0.3, -0.25) is 9.59 Å². The molecule has 1 rings (SSSR count). The van der Waals surface area contributed by atoms with Gasteiger partial charge in [0, 0.05) is 11.3 Å². The molecule has 0 unspecified atom stereocenters. The topological polar surface area (TPSA) is 49.4 Å². The predicted molar refractivity (Wildman–Crippen MR) is 71.1 cm³/mol. The third-order valence-electron chi connectivity index (χ3n) is 2.76. The highest BCUT2D eigenvalue weighted by molar-refractivity contribution is 7.99. The SMILES string of the molecule is CC/C=C(/C)C(=O)N1CSC[C@@H]1C(=O)NCC(F)(F)F. The number of nitrogens with one attached hydrogen (secondary N) is 1. The van der Waals surface area contributed by atoms with E-state index in [4.69, 9.17) is 0 Å². The van der Waals surface area contributed by atoms with Gasteiger partial charge in [0.2, 0.25) is 5.91 Å². The van der Waals surface area contributed by atoms with Gasteiger partial charge < -0.3 is 10.2 Å². The Balaban J connectivity index is 2.67. The van der Waals surface area contributed by atoms with Gasteiger partial charge in [-0.2, -0.15) is 13.2 Å². The zero-order valence-electron chi connectivity index (χ0n) is 11.3. The van der Waals surface area contributed by atoms with Gasteiger partial charge in [-0.1, -0.05) is 13.0 Å². The molecule has 0 aliphatic carbocycles. The zero-order chi connectivity index (χ0) is 15.3. The van der Waals surface area contributed by atoms with Gasteiger partial charge in [0.15, 0.2) is 0 Å². The van der Waals surface area contributed by atoms with Gasteiger partial charge in [0.1, 0.15) is 12.6 Å². The number of alkyl halides is 3. The van der Waals surface area contributed by atoms with Gasteiger partial charge in [0.05, 0.1) is 5.88 Å². The van der Waals surface area contributed by atoms with Crippen molar-refractivity contribution in [1.82, 2.24) is 10.2 Å². The molecule has 1 heterocycles. The van der Waals surface area contributed by atoms with Crippen molar-refractivity contribution in [2.24, 2.45) is 0 Å². The molecule has 0 aromatic heterocycles. The number of hydrogen-bond acceptors (Lipinski definition) is 3. The number of rotatable bonds is 4. The molecule has 114 valence electrons. The molecule has 20 heavy (non-hydrogen) atoms. The van der Waals surface area contributed by atoms with E-state index >= 15 is 0 Å². The smallest absolute Gasteiger partial charge is 0.345 e. The number of thioether (sulfide) groups is 1. The van der Waals surface area contributed by atoms with Gasteiger partial charge in [-0.05, 0) is 13.3 Å². The summed E-state index contributed by atoms with van der Waals surface area (Å²) in [5.74, 6) is -0.430. The number of carbonyl (C=O) groups excluding carboxylic acids is 2. The molecule has 4 nitrogen and oxygen atoms in total. The highest BCUT2D eigenvalue weighted by Gasteiger charge is 2.36. The Morgan fingerprint density at radius 1 is 1.45 bits per heavy atom. The van der Waals surface area contributed by atoms with Gasteiger partial charge >= 0.3 is 6.18 Å². The Morgan fingerprint density at radius 3 is 2.65 bits per heavy atom. The summed E-state index contributed by atoms with van der Waals surface area (Å²) in [5.41, 5.74) is 0.503. The lowest BCUT2D eigenvalue weighted by atomic mass is 10.2. The lowest BCUT2D eigenvalue weighted by Gasteiger charge is -2.23. The molecule has 1 aliphatic rings. The highest BCUT2D eigenvalue weighted by Crippen LogP contribution is 2.23. The maximum Gasteiger partial charge on any atom is 0.405 e. The molecule has 1 atom stereocenters. The fourth-order valence-corrected chi connectivity index (χ4v) is 2.94. The summed E-state index contributed by atoms with van der Waals surface area (Å²) in [4.78, 5) is 25.2. The van der Waals surface area contributed by atoms with Crippen LogP contribution in [0, 0.1) is 0 Å². The molecule has 1 N–H and O–H groups in total. The zero-order valence-corrected chi connectivity index (χ0v) is 12.1. The maximum absolute atomic E-state index is 12.1. The van der Waals surface area contributed by atoms with Crippen LogP contribution in [0.5, 0.6) is 0 Å². The maximum atomic E-state index is 12.1. The summed E-state index contributed by atoms with van der Waals surface area (Å²) in [6, 6.07) is -0.838. The molecule has 1 aliphatic heterocycles. The van der Waals surface area contributed by atoms with E-state index in [-0.39, 0.29) is 5.91 Å². The van der Waals surface area contributed by atoms with Gasteiger partial charge in [-0.15, -0.1) is 11.8 Å². The van der Waals surface area contributed by atoms with E-state index in [1.807, 2.05) is 12.2 Å². The Labute approximate surface area is 119 Å². The molecule has 0 spiro atoms. The summed E-state index contributed by atoms with van der Waals surface area (Å²) in [6.45, 7) is 2.14.